The first-order chi connectivity index (χ1) is 12.2. The van der Waals surface area contributed by atoms with Gasteiger partial charge in [-0.3, -0.25) is 5.01 Å². The van der Waals surface area contributed by atoms with Gasteiger partial charge in [-0.05, 0) is 47.5 Å². The summed E-state index contributed by atoms with van der Waals surface area (Å²) < 4.78 is 1.08. The lowest BCUT2D eigenvalue weighted by atomic mass is 10.0. The molecule has 124 valence electrons. The maximum Gasteiger partial charge on any atom is 0.0952 e. The lowest BCUT2D eigenvalue weighted by molar-refractivity contribution is 0.719. The minimum Gasteiger partial charge on any atom is -0.305 e. The summed E-state index contributed by atoms with van der Waals surface area (Å²) in [6, 6.07) is 24.9. The molecule has 1 heterocycles. The molecular formula is C21H16BrClN2. The molecule has 0 fully saturated rings. The van der Waals surface area contributed by atoms with Crippen LogP contribution >= 0.6 is 27.5 Å². The molecule has 0 spiro atoms. The number of halogens is 2. The van der Waals surface area contributed by atoms with Gasteiger partial charge in [0.25, 0.3) is 0 Å². The third-order valence-corrected chi connectivity index (χ3v) is 5.08. The zero-order chi connectivity index (χ0) is 17.2. The van der Waals surface area contributed by atoms with Crippen LogP contribution in [0.2, 0.25) is 5.02 Å². The molecule has 0 aromatic heterocycles. The first-order valence-corrected chi connectivity index (χ1v) is 9.22. The molecule has 0 bridgehead atoms. The number of para-hydroxylation sites is 1. The van der Waals surface area contributed by atoms with E-state index in [0.29, 0.717) is 0 Å². The molecule has 0 amide bonds. The molecule has 1 aliphatic heterocycles. The Morgan fingerprint density at radius 3 is 2.36 bits per heavy atom. The van der Waals surface area contributed by atoms with E-state index in [2.05, 4.69) is 93.1 Å². The summed E-state index contributed by atoms with van der Waals surface area (Å²) in [7, 11) is 0. The van der Waals surface area contributed by atoms with Crippen molar-refractivity contribution >= 4 is 33.2 Å². The number of hydrogen-bond acceptors (Lipinski definition) is 2. The van der Waals surface area contributed by atoms with E-state index in [4.69, 9.17) is 11.6 Å². The van der Waals surface area contributed by atoms with Crippen LogP contribution < -0.4 is 10.4 Å². The molecule has 1 aliphatic rings. The van der Waals surface area contributed by atoms with Crippen LogP contribution in [0.5, 0.6) is 0 Å². The van der Waals surface area contributed by atoms with E-state index < -0.39 is 0 Å². The van der Waals surface area contributed by atoms with Gasteiger partial charge in [0, 0.05) is 21.3 Å². The second-order valence-corrected chi connectivity index (χ2v) is 7.23. The van der Waals surface area contributed by atoms with Crippen LogP contribution in [0.1, 0.15) is 11.6 Å². The molecular weight excluding hydrogens is 396 g/mol. The van der Waals surface area contributed by atoms with Crippen LogP contribution in [0.15, 0.2) is 89.5 Å². The van der Waals surface area contributed by atoms with Gasteiger partial charge in [0.15, 0.2) is 0 Å². The van der Waals surface area contributed by atoms with E-state index in [1.807, 2.05) is 18.3 Å². The van der Waals surface area contributed by atoms with Crippen LogP contribution in [0.3, 0.4) is 0 Å². The molecule has 4 heteroatoms. The average Bonchev–Trinajstić information content (AvgIpc) is 3.13. The van der Waals surface area contributed by atoms with Crippen molar-refractivity contribution in [2.24, 2.45) is 0 Å². The number of hydrogen-bond donors (Lipinski definition) is 1. The summed E-state index contributed by atoms with van der Waals surface area (Å²) in [6.07, 6.45) is 4.16. The van der Waals surface area contributed by atoms with Gasteiger partial charge in [0.1, 0.15) is 0 Å². The van der Waals surface area contributed by atoms with Crippen LogP contribution in [0, 0.1) is 0 Å². The first kappa shape index (κ1) is 16.2. The quantitative estimate of drug-likeness (QED) is 0.540. The van der Waals surface area contributed by atoms with Gasteiger partial charge in [-0.15, -0.1) is 0 Å². The maximum absolute atomic E-state index is 6.05. The molecule has 0 saturated heterocycles. The SMILES string of the molecule is Clc1ccc(-c2ccccc2N2NC=CC2c2ccc(Br)cc2)cc1. The predicted octanol–water partition coefficient (Wildman–Crippen LogP) is 6.35. The minimum absolute atomic E-state index is 0.140. The maximum atomic E-state index is 6.05. The number of rotatable bonds is 3. The van der Waals surface area contributed by atoms with Crippen molar-refractivity contribution in [3.8, 4) is 11.1 Å². The highest BCUT2D eigenvalue weighted by atomic mass is 79.9. The molecule has 1 N–H and O–H groups in total. The smallest absolute Gasteiger partial charge is 0.0952 e. The fourth-order valence-corrected chi connectivity index (χ4v) is 3.47. The summed E-state index contributed by atoms with van der Waals surface area (Å²) in [4.78, 5) is 0. The van der Waals surface area contributed by atoms with Gasteiger partial charge >= 0.3 is 0 Å². The number of hydrazine groups is 1. The fourth-order valence-electron chi connectivity index (χ4n) is 3.08. The van der Waals surface area contributed by atoms with E-state index >= 15 is 0 Å². The van der Waals surface area contributed by atoms with Gasteiger partial charge in [0.05, 0.1) is 11.7 Å². The van der Waals surface area contributed by atoms with Crippen molar-refractivity contribution < 1.29 is 0 Å². The highest BCUT2D eigenvalue weighted by Gasteiger charge is 2.24. The predicted molar refractivity (Wildman–Crippen MR) is 109 cm³/mol. The molecule has 1 atom stereocenters. The second-order valence-electron chi connectivity index (χ2n) is 5.88. The Morgan fingerprint density at radius 2 is 1.60 bits per heavy atom. The fraction of sp³-hybridized carbons (Fsp3) is 0.0476. The van der Waals surface area contributed by atoms with Crippen molar-refractivity contribution in [2.75, 3.05) is 5.01 Å². The molecule has 4 rings (SSSR count). The van der Waals surface area contributed by atoms with Gasteiger partial charge in [0.2, 0.25) is 0 Å². The highest BCUT2D eigenvalue weighted by molar-refractivity contribution is 9.10. The molecule has 0 radical (unpaired) electrons. The van der Waals surface area contributed by atoms with Crippen LogP contribution in [0.25, 0.3) is 11.1 Å². The molecule has 0 aliphatic carbocycles. The van der Waals surface area contributed by atoms with Crippen molar-refractivity contribution in [3.05, 3.63) is 100 Å². The number of anilines is 1. The third-order valence-electron chi connectivity index (χ3n) is 4.30. The number of nitrogens with one attached hydrogen (secondary N) is 1. The Labute approximate surface area is 160 Å². The third kappa shape index (κ3) is 3.30. The lowest BCUT2D eigenvalue weighted by Crippen LogP contribution is -2.32. The second kappa shape index (κ2) is 6.95. The summed E-state index contributed by atoms with van der Waals surface area (Å²) >= 11 is 9.55. The van der Waals surface area contributed by atoms with Gasteiger partial charge in [-0.2, -0.15) is 0 Å². The van der Waals surface area contributed by atoms with Crippen molar-refractivity contribution in [1.82, 2.24) is 5.43 Å². The Hall–Kier alpha value is -2.23. The Kier molecular flexibility index (Phi) is 4.51. The van der Waals surface area contributed by atoms with Crippen molar-refractivity contribution in [1.29, 1.82) is 0 Å². The van der Waals surface area contributed by atoms with Gasteiger partial charge < -0.3 is 5.43 Å². The average molecular weight is 412 g/mol. The van der Waals surface area contributed by atoms with E-state index in [1.165, 1.54) is 5.56 Å². The number of benzene rings is 3. The summed E-state index contributed by atoms with van der Waals surface area (Å²) in [5.74, 6) is 0. The highest BCUT2D eigenvalue weighted by Crippen LogP contribution is 2.37. The van der Waals surface area contributed by atoms with Gasteiger partial charge in [-0.1, -0.05) is 70.0 Å². The molecule has 3 aromatic rings. The Morgan fingerprint density at radius 1 is 0.880 bits per heavy atom. The topological polar surface area (TPSA) is 15.3 Å². The zero-order valence-corrected chi connectivity index (χ0v) is 15.7. The van der Waals surface area contributed by atoms with Crippen LogP contribution in [0.4, 0.5) is 5.69 Å². The summed E-state index contributed by atoms with van der Waals surface area (Å²) in [6.45, 7) is 0. The minimum atomic E-state index is 0.140. The molecule has 3 aromatic carbocycles. The van der Waals surface area contributed by atoms with Crippen LogP contribution in [-0.4, -0.2) is 0 Å². The van der Waals surface area contributed by atoms with Crippen LogP contribution in [-0.2, 0) is 0 Å². The first-order valence-electron chi connectivity index (χ1n) is 8.05. The standard InChI is InChI=1S/C21H16BrClN2/c22-17-9-5-16(6-10-17)20-13-14-24-25(20)21-4-2-1-3-19(21)15-7-11-18(23)12-8-15/h1-14,20,24H. The Balaban J connectivity index is 1.74. The van der Waals surface area contributed by atoms with Gasteiger partial charge in [-0.25, -0.2) is 0 Å². The van der Waals surface area contributed by atoms with Crippen molar-refractivity contribution in [3.63, 3.8) is 0 Å². The molecule has 2 nitrogen and oxygen atoms in total. The monoisotopic (exact) mass is 410 g/mol. The molecule has 25 heavy (non-hydrogen) atoms. The van der Waals surface area contributed by atoms with Crippen molar-refractivity contribution in [2.45, 2.75) is 6.04 Å². The summed E-state index contributed by atoms with van der Waals surface area (Å²) in [5, 5.41) is 2.93. The summed E-state index contributed by atoms with van der Waals surface area (Å²) in [5.41, 5.74) is 8.04. The largest absolute Gasteiger partial charge is 0.305 e. The van der Waals surface area contributed by atoms with E-state index in [9.17, 15) is 0 Å². The zero-order valence-electron chi connectivity index (χ0n) is 13.4. The van der Waals surface area contributed by atoms with E-state index in [1.54, 1.807) is 0 Å². The Bertz CT molecular complexity index is 904. The lowest BCUT2D eigenvalue weighted by Gasteiger charge is -2.29. The number of nitrogens with zero attached hydrogens (tertiary/aromatic N) is 1. The molecule has 0 saturated carbocycles. The van der Waals surface area contributed by atoms with E-state index in [0.717, 1.165) is 26.3 Å². The normalized spacial score (nSPS) is 16.1. The van der Waals surface area contributed by atoms with E-state index in [-0.39, 0.29) is 6.04 Å². The molecule has 1 unspecified atom stereocenters.